The standard InChI is InChI=1S/C39H26N3PS/c1-5-15-27(16-6-1)37-40-38(28-17-7-2-8-18-28)42-39(41-37)29-25-33(36-32-23-13-14-24-34(32)44-35(36)26-29)43(30-19-9-3-10-20-30)31-21-11-4-12-22-31/h1-26H/p+1. The first-order chi connectivity index (χ1) is 21.8. The summed E-state index contributed by atoms with van der Waals surface area (Å²) in [6.45, 7) is 0. The van der Waals surface area contributed by atoms with E-state index in [0.29, 0.717) is 17.5 Å². The van der Waals surface area contributed by atoms with Gasteiger partial charge in [0.15, 0.2) is 17.5 Å². The van der Waals surface area contributed by atoms with Crippen LogP contribution in [0.4, 0.5) is 0 Å². The summed E-state index contributed by atoms with van der Waals surface area (Å²) in [4.78, 5) is 15.1. The molecule has 0 N–H and O–H groups in total. The van der Waals surface area contributed by atoms with Gasteiger partial charge in [-0.1, -0.05) is 115 Å². The number of aromatic nitrogens is 3. The quantitative estimate of drug-likeness (QED) is 0.179. The van der Waals surface area contributed by atoms with Crippen LogP contribution in [0.25, 0.3) is 54.3 Å². The predicted molar refractivity (Wildman–Crippen MR) is 189 cm³/mol. The molecule has 0 aliphatic heterocycles. The highest BCUT2D eigenvalue weighted by atomic mass is 32.1. The zero-order valence-electron chi connectivity index (χ0n) is 23.8. The van der Waals surface area contributed by atoms with E-state index in [-0.39, 0.29) is 0 Å². The van der Waals surface area contributed by atoms with E-state index in [2.05, 4.69) is 121 Å². The van der Waals surface area contributed by atoms with Crippen molar-refractivity contribution < 1.29 is 0 Å². The van der Waals surface area contributed by atoms with Crippen molar-refractivity contribution in [3.63, 3.8) is 0 Å². The molecule has 2 aromatic heterocycles. The van der Waals surface area contributed by atoms with Crippen LogP contribution in [0.5, 0.6) is 0 Å². The topological polar surface area (TPSA) is 38.7 Å². The fraction of sp³-hybridized carbons (Fsp3) is 0. The van der Waals surface area contributed by atoms with Gasteiger partial charge in [-0.15, -0.1) is 11.3 Å². The van der Waals surface area contributed by atoms with Crippen LogP contribution in [0.2, 0.25) is 0 Å². The van der Waals surface area contributed by atoms with Crippen LogP contribution >= 0.6 is 19.3 Å². The number of rotatable bonds is 6. The van der Waals surface area contributed by atoms with E-state index >= 15 is 0 Å². The van der Waals surface area contributed by atoms with Crippen molar-refractivity contribution in [2.24, 2.45) is 0 Å². The molecule has 0 aliphatic carbocycles. The summed E-state index contributed by atoms with van der Waals surface area (Å²) in [5.74, 6) is 2.02. The fourth-order valence-corrected chi connectivity index (χ4v) is 9.89. The summed E-state index contributed by atoms with van der Waals surface area (Å²) in [5, 5.41) is 6.68. The highest BCUT2D eigenvalue weighted by Crippen LogP contribution is 2.43. The maximum absolute atomic E-state index is 5.10. The second kappa shape index (κ2) is 11.6. The van der Waals surface area contributed by atoms with E-state index in [1.807, 2.05) is 47.7 Å². The predicted octanol–water partition coefficient (Wildman–Crippen LogP) is 8.73. The van der Waals surface area contributed by atoms with Crippen molar-refractivity contribution in [1.29, 1.82) is 0 Å². The molecule has 0 saturated heterocycles. The number of nitrogens with zero attached hydrogens (tertiary/aromatic N) is 3. The second-order valence-corrected chi connectivity index (χ2v) is 14.2. The lowest BCUT2D eigenvalue weighted by Gasteiger charge is -2.14. The number of benzene rings is 6. The minimum absolute atomic E-state index is 0.670. The zero-order chi connectivity index (χ0) is 29.3. The van der Waals surface area contributed by atoms with Gasteiger partial charge in [-0.3, -0.25) is 0 Å². The van der Waals surface area contributed by atoms with E-state index < -0.39 is 7.92 Å². The van der Waals surface area contributed by atoms with Gasteiger partial charge < -0.3 is 0 Å². The highest BCUT2D eigenvalue weighted by Gasteiger charge is 2.30. The number of hydrogen-bond donors (Lipinski definition) is 0. The highest BCUT2D eigenvalue weighted by molar-refractivity contribution is 7.80. The van der Waals surface area contributed by atoms with Crippen molar-refractivity contribution in [2.45, 2.75) is 0 Å². The lowest BCUT2D eigenvalue weighted by atomic mass is 10.1. The van der Waals surface area contributed by atoms with Gasteiger partial charge in [-0.25, -0.2) is 15.0 Å². The Morgan fingerprint density at radius 3 is 1.41 bits per heavy atom. The average Bonchev–Trinajstić information content (AvgIpc) is 3.49. The van der Waals surface area contributed by atoms with Crippen LogP contribution in [-0.4, -0.2) is 15.0 Å². The first-order valence-corrected chi connectivity index (χ1v) is 16.9. The third kappa shape index (κ3) is 4.99. The SMILES string of the molecule is c1ccc(-c2nc(-c3ccccc3)nc(-c3cc([PH+](c4ccccc4)c4ccccc4)c4c(c3)sc3ccccc34)n2)cc1. The van der Waals surface area contributed by atoms with Crippen molar-refractivity contribution in [3.05, 3.63) is 158 Å². The molecule has 0 unspecified atom stereocenters. The van der Waals surface area contributed by atoms with E-state index in [1.165, 1.54) is 36.1 Å². The molecule has 0 fully saturated rings. The molecule has 5 heteroatoms. The number of hydrogen-bond acceptors (Lipinski definition) is 4. The molecule has 208 valence electrons. The fourth-order valence-electron chi connectivity index (χ4n) is 5.81. The Labute approximate surface area is 261 Å². The Bertz CT molecular complexity index is 2120. The molecule has 0 bridgehead atoms. The number of thiophene rings is 1. The summed E-state index contributed by atoms with van der Waals surface area (Å²) >= 11 is 1.84. The van der Waals surface area contributed by atoms with Crippen LogP contribution < -0.4 is 15.9 Å². The van der Waals surface area contributed by atoms with E-state index in [9.17, 15) is 0 Å². The molecule has 0 radical (unpaired) electrons. The van der Waals surface area contributed by atoms with Crippen LogP contribution in [-0.2, 0) is 0 Å². The molecule has 8 aromatic rings. The molecular formula is C39H27N3PS+. The maximum Gasteiger partial charge on any atom is 0.164 e. The molecule has 6 aromatic carbocycles. The van der Waals surface area contributed by atoms with Crippen LogP contribution in [0.3, 0.4) is 0 Å². The Hall–Kier alpha value is -5.02. The molecule has 0 saturated carbocycles. The third-order valence-electron chi connectivity index (χ3n) is 7.83. The Kier molecular flexibility index (Phi) is 7.00. The van der Waals surface area contributed by atoms with Gasteiger partial charge in [0.05, 0.1) is 7.92 Å². The lowest BCUT2D eigenvalue weighted by molar-refractivity contribution is 1.07. The van der Waals surface area contributed by atoms with Crippen LogP contribution in [0, 0.1) is 0 Å². The van der Waals surface area contributed by atoms with Crippen LogP contribution in [0.15, 0.2) is 158 Å². The van der Waals surface area contributed by atoms with Crippen molar-refractivity contribution in [2.75, 3.05) is 0 Å². The Morgan fingerprint density at radius 1 is 0.409 bits per heavy atom. The van der Waals surface area contributed by atoms with Crippen molar-refractivity contribution in [3.8, 4) is 34.2 Å². The molecule has 3 nitrogen and oxygen atoms in total. The van der Waals surface area contributed by atoms with E-state index in [0.717, 1.165) is 16.7 Å². The summed E-state index contributed by atoms with van der Waals surface area (Å²) in [6.07, 6.45) is 0. The first-order valence-electron chi connectivity index (χ1n) is 14.6. The molecule has 0 amide bonds. The van der Waals surface area contributed by atoms with Gasteiger partial charge >= 0.3 is 0 Å². The average molecular weight is 601 g/mol. The van der Waals surface area contributed by atoms with Gasteiger partial charge in [0.25, 0.3) is 0 Å². The monoisotopic (exact) mass is 600 g/mol. The van der Waals surface area contributed by atoms with Crippen LogP contribution in [0.1, 0.15) is 0 Å². The van der Waals surface area contributed by atoms with Gasteiger partial charge in [0.2, 0.25) is 0 Å². The summed E-state index contributed by atoms with van der Waals surface area (Å²) < 4.78 is 2.53. The molecule has 0 spiro atoms. The normalized spacial score (nSPS) is 11.4. The van der Waals surface area contributed by atoms with Crippen molar-refractivity contribution in [1.82, 2.24) is 15.0 Å². The maximum atomic E-state index is 5.10. The largest absolute Gasteiger partial charge is 0.208 e. The van der Waals surface area contributed by atoms with Gasteiger partial charge in [-0.2, -0.15) is 0 Å². The minimum Gasteiger partial charge on any atom is -0.208 e. The summed E-state index contributed by atoms with van der Waals surface area (Å²) in [6, 6.07) is 55.7. The molecular weight excluding hydrogens is 573 g/mol. The number of fused-ring (bicyclic) bond motifs is 3. The smallest absolute Gasteiger partial charge is 0.164 e. The second-order valence-electron chi connectivity index (χ2n) is 10.6. The molecule has 0 atom stereocenters. The molecule has 44 heavy (non-hydrogen) atoms. The Balaban J connectivity index is 1.43. The molecule has 8 rings (SSSR count). The zero-order valence-corrected chi connectivity index (χ0v) is 25.6. The summed E-state index contributed by atoms with van der Waals surface area (Å²) in [5.41, 5.74) is 2.94. The third-order valence-corrected chi connectivity index (χ3v) is 11.7. The lowest BCUT2D eigenvalue weighted by Crippen LogP contribution is -2.21. The van der Waals surface area contributed by atoms with Gasteiger partial charge in [-0.05, 0) is 42.5 Å². The first kappa shape index (κ1) is 26.6. The summed E-state index contributed by atoms with van der Waals surface area (Å²) in [7, 11) is -1.38. The molecule has 2 heterocycles. The van der Waals surface area contributed by atoms with Crippen molar-refractivity contribution >= 4 is 55.3 Å². The minimum atomic E-state index is -1.38. The van der Waals surface area contributed by atoms with Gasteiger partial charge in [0, 0.05) is 36.9 Å². The molecule has 0 aliphatic rings. The van der Waals surface area contributed by atoms with E-state index in [4.69, 9.17) is 15.0 Å². The Morgan fingerprint density at radius 2 is 0.864 bits per heavy atom. The van der Waals surface area contributed by atoms with Gasteiger partial charge in [0.1, 0.15) is 15.9 Å². The van der Waals surface area contributed by atoms with E-state index in [1.54, 1.807) is 0 Å².